The van der Waals surface area contributed by atoms with Crippen LogP contribution in [0.1, 0.15) is 27.2 Å². The van der Waals surface area contributed by atoms with Crippen molar-refractivity contribution >= 4 is 5.91 Å². The smallest absolute Gasteiger partial charge is 0.243 e. The molecule has 3 unspecified atom stereocenters. The fourth-order valence-corrected chi connectivity index (χ4v) is 3.11. The Labute approximate surface area is 116 Å². The van der Waals surface area contributed by atoms with E-state index in [9.17, 15) is 4.79 Å². The highest BCUT2D eigenvalue weighted by Gasteiger charge is 2.45. The predicted octanol–water partition coefficient (Wildman–Crippen LogP) is 0.179. The number of carbonyl (C=O) groups is 1. The van der Waals surface area contributed by atoms with Crippen molar-refractivity contribution in [3.05, 3.63) is 0 Å². The normalized spacial score (nSPS) is 38.2. The maximum atomic E-state index is 12.6. The van der Waals surface area contributed by atoms with Gasteiger partial charge >= 0.3 is 0 Å². The maximum Gasteiger partial charge on any atom is 0.243 e. The van der Waals surface area contributed by atoms with Crippen molar-refractivity contribution in [3.63, 3.8) is 0 Å². The van der Waals surface area contributed by atoms with Crippen LogP contribution in [0.25, 0.3) is 0 Å². The summed E-state index contributed by atoms with van der Waals surface area (Å²) in [6, 6.07) is 0.436. The second-order valence-electron chi connectivity index (χ2n) is 6.36. The van der Waals surface area contributed by atoms with E-state index in [-0.39, 0.29) is 17.6 Å². The molecule has 1 amide bonds. The summed E-state index contributed by atoms with van der Waals surface area (Å²) in [5, 5.41) is 3.44. The van der Waals surface area contributed by atoms with E-state index < -0.39 is 0 Å². The van der Waals surface area contributed by atoms with Crippen molar-refractivity contribution in [2.24, 2.45) is 0 Å². The molecule has 0 radical (unpaired) electrons. The van der Waals surface area contributed by atoms with Crippen LogP contribution in [0.15, 0.2) is 0 Å². The number of rotatable bonds is 3. The molecule has 2 saturated heterocycles. The first-order chi connectivity index (χ1) is 8.87. The van der Waals surface area contributed by atoms with Crippen molar-refractivity contribution in [1.29, 1.82) is 0 Å². The van der Waals surface area contributed by atoms with Crippen LogP contribution in [-0.4, -0.2) is 78.6 Å². The van der Waals surface area contributed by atoms with E-state index >= 15 is 0 Å². The first-order valence-corrected chi connectivity index (χ1v) is 7.35. The standard InChI is InChI=1S/C14H28N4O/c1-6-14(3)13(19)18(11(2)15-14)10-12-9-16(4)7-8-17(12)5/h11-12,15H,6-10H2,1-5H3. The van der Waals surface area contributed by atoms with Crippen molar-refractivity contribution in [3.8, 4) is 0 Å². The van der Waals surface area contributed by atoms with E-state index in [1.165, 1.54) is 0 Å². The van der Waals surface area contributed by atoms with E-state index in [2.05, 4.69) is 43.1 Å². The molecule has 0 aliphatic carbocycles. The number of amides is 1. The van der Waals surface area contributed by atoms with Gasteiger partial charge in [0.1, 0.15) is 0 Å². The average molecular weight is 268 g/mol. The summed E-state index contributed by atoms with van der Waals surface area (Å²) >= 11 is 0. The van der Waals surface area contributed by atoms with Crippen LogP contribution in [0, 0.1) is 0 Å². The highest BCUT2D eigenvalue weighted by Crippen LogP contribution is 2.24. The second kappa shape index (κ2) is 5.38. The second-order valence-corrected chi connectivity index (χ2v) is 6.36. The van der Waals surface area contributed by atoms with Crippen LogP contribution in [0.3, 0.4) is 0 Å². The van der Waals surface area contributed by atoms with E-state index in [1.54, 1.807) is 0 Å². The highest BCUT2D eigenvalue weighted by atomic mass is 16.2. The van der Waals surface area contributed by atoms with Gasteiger partial charge in [0.25, 0.3) is 0 Å². The summed E-state index contributed by atoms with van der Waals surface area (Å²) in [6.07, 6.45) is 0.977. The van der Waals surface area contributed by atoms with Gasteiger partial charge in [-0.25, -0.2) is 0 Å². The Bertz CT molecular complexity index is 348. The lowest BCUT2D eigenvalue weighted by atomic mass is 9.99. The van der Waals surface area contributed by atoms with Gasteiger partial charge in [-0.3, -0.25) is 15.0 Å². The lowest BCUT2D eigenvalue weighted by Crippen LogP contribution is -2.55. The van der Waals surface area contributed by atoms with Gasteiger partial charge in [0, 0.05) is 32.2 Å². The predicted molar refractivity (Wildman–Crippen MR) is 76.9 cm³/mol. The summed E-state index contributed by atoms with van der Waals surface area (Å²) in [7, 11) is 4.32. The molecule has 2 aliphatic heterocycles. The van der Waals surface area contributed by atoms with Crippen LogP contribution in [0.4, 0.5) is 0 Å². The zero-order chi connectivity index (χ0) is 14.2. The van der Waals surface area contributed by atoms with Gasteiger partial charge in [0.05, 0.1) is 11.7 Å². The monoisotopic (exact) mass is 268 g/mol. The Kier molecular flexibility index (Phi) is 4.18. The van der Waals surface area contributed by atoms with Gasteiger partial charge in [-0.05, 0) is 34.4 Å². The molecule has 110 valence electrons. The summed E-state index contributed by atoms with van der Waals surface area (Å²) in [5.41, 5.74) is -0.376. The number of piperazine rings is 1. The first-order valence-electron chi connectivity index (χ1n) is 7.35. The topological polar surface area (TPSA) is 38.8 Å². The molecule has 2 aliphatic rings. The molecular formula is C14H28N4O. The van der Waals surface area contributed by atoms with Gasteiger partial charge in [0.15, 0.2) is 0 Å². The van der Waals surface area contributed by atoms with Crippen molar-refractivity contribution < 1.29 is 4.79 Å². The minimum Gasteiger partial charge on any atom is -0.324 e. The number of likely N-dealkylation sites (N-methyl/N-ethyl adjacent to an activating group) is 2. The van der Waals surface area contributed by atoms with Gasteiger partial charge in [-0.1, -0.05) is 6.92 Å². The Morgan fingerprint density at radius 3 is 2.63 bits per heavy atom. The quantitative estimate of drug-likeness (QED) is 0.792. The molecule has 0 spiro atoms. The number of nitrogens with one attached hydrogen (secondary N) is 1. The third-order valence-electron chi connectivity index (χ3n) is 4.82. The van der Waals surface area contributed by atoms with E-state index in [1.807, 2.05) is 11.8 Å². The minimum absolute atomic E-state index is 0.137. The summed E-state index contributed by atoms with van der Waals surface area (Å²) in [6.45, 7) is 10.2. The summed E-state index contributed by atoms with van der Waals surface area (Å²) in [5.74, 6) is 0.254. The molecule has 2 rings (SSSR count). The van der Waals surface area contributed by atoms with Gasteiger partial charge in [-0.15, -0.1) is 0 Å². The number of carbonyl (C=O) groups excluding carboxylic acids is 1. The summed E-state index contributed by atoms with van der Waals surface area (Å²) in [4.78, 5) is 19.3. The minimum atomic E-state index is -0.376. The molecule has 1 N–H and O–H groups in total. The van der Waals surface area contributed by atoms with Crippen LogP contribution in [-0.2, 0) is 4.79 Å². The van der Waals surface area contributed by atoms with Crippen LogP contribution < -0.4 is 5.32 Å². The SMILES string of the molecule is CCC1(C)NC(C)N(CC2CN(C)CCN2C)C1=O. The number of nitrogens with zero attached hydrogens (tertiary/aromatic N) is 3. The van der Waals surface area contributed by atoms with Crippen molar-refractivity contribution in [2.75, 3.05) is 40.3 Å². The number of hydrogen-bond donors (Lipinski definition) is 1. The number of hydrogen-bond acceptors (Lipinski definition) is 4. The van der Waals surface area contributed by atoms with Crippen molar-refractivity contribution in [1.82, 2.24) is 20.0 Å². The summed E-state index contributed by atoms with van der Waals surface area (Å²) < 4.78 is 0. The Morgan fingerprint density at radius 2 is 2.05 bits per heavy atom. The molecule has 2 heterocycles. The maximum absolute atomic E-state index is 12.6. The zero-order valence-corrected chi connectivity index (χ0v) is 12.9. The fraction of sp³-hybridized carbons (Fsp3) is 0.929. The Balaban J connectivity index is 2.04. The molecular weight excluding hydrogens is 240 g/mol. The molecule has 2 fully saturated rings. The third-order valence-corrected chi connectivity index (χ3v) is 4.82. The molecule has 0 bridgehead atoms. The molecule has 3 atom stereocenters. The van der Waals surface area contributed by atoms with E-state index in [0.29, 0.717) is 6.04 Å². The molecule has 5 nitrogen and oxygen atoms in total. The van der Waals surface area contributed by atoms with Crippen molar-refractivity contribution in [2.45, 2.75) is 44.9 Å². The lowest BCUT2D eigenvalue weighted by Gasteiger charge is -2.40. The molecule has 5 heteroatoms. The average Bonchev–Trinajstić information content (AvgIpc) is 2.58. The van der Waals surface area contributed by atoms with Crippen LogP contribution in [0.2, 0.25) is 0 Å². The van der Waals surface area contributed by atoms with Gasteiger partial charge < -0.3 is 9.80 Å². The van der Waals surface area contributed by atoms with Gasteiger partial charge in [-0.2, -0.15) is 0 Å². The van der Waals surface area contributed by atoms with E-state index in [0.717, 1.165) is 32.6 Å². The fourth-order valence-electron chi connectivity index (χ4n) is 3.11. The zero-order valence-electron chi connectivity index (χ0n) is 12.9. The molecule has 0 aromatic rings. The Morgan fingerprint density at radius 1 is 1.37 bits per heavy atom. The first kappa shape index (κ1) is 14.8. The molecule has 0 aromatic heterocycles. The largest absolute Gasteiger partial charge is 0.324 e. The third kappa shape index (κ3) is 2.78. The van der Waals surface area contributed by atoms with Crippen LogP contribution >= 0.6 is 0 Å². The van der Waals surface area contributed by atoms with Gasteiger partial charge in [0.2, 0.25) is 5.91 Å². The lowest BCUT2D eigenvalue weighted by molar-refractivity contribution is -0.133. The van der Waals surface area contributed by atoms with Crippen LogP contribution in [0.5, 0.6) is 0 Å². The molecule has 0 saturated carbocycles. The Hall–Kier alpha value is -0.650. The van der Waals surface area contributed by atoms with E-state index in [4.69, 9.17) is 0 Å². The molecule has 0 aromatic carbocycles. The molecule has 19 heavy (non-hydrogen) atoms. The highest BCUT2D eigenvalue weighted by molar-refractivity contribution is 5.88.